The van der Waals surface area contributed by atoms with Gasteiger partial charge in [0.1, 0.15) is 0 Å². The van der Waals surface area contributed by atoms with Gasteiger partial charge in [0, 0.05) is 17.7 Å². The molecule has 0 spiro atoms. The fourth-order valence-electron chi connectivity index (χ4n) is 2.44. The molecule has 0 amide bonds. The van der Waals surface area contributed by atoms with Crippen LogP contribution >= 0.6 is 0 Å². The molecule has 2 N–H and O–H groups in total. The van der Waals surface area contributed by atoms with E-state index >= 15 is 0 Å². The van der Waals surface area contributed by atoms with Crippen LogP contribution in [0.1, 0.15) is 11.1 Å². The smallest absolute Gasteiger partial charge is 0.248 e. The van der Waals surface area contributed by atoms with Crippen molar-refractivity contribution in [3.8, 4) is 11.5 Å². The number of aryl methyl sites for hydroxylation is 1. The van der Waals surface area contributed by atoms with Crippen LogP contribution in [-0.2, 0) is 0 Å². The second-order valence-corrected chi connectivity index (χ2v) is 5.24. The number of aromatic amines is 1. The van der Waals surface area contributed by atoms with Crippen molar-refractivity contribution in [2.24, 2.45) is 4.99 Å². The van der Waals surface area contributed by atoms with Gasteiger partial charge in [-0.25, -0.2) is 0 Å². The first-order valence-corrected chi connectivity index (χ1v) is 7.11. The average molecular weight is 308 g/mol. The Bertz CT molecular complexity index is 958. The summed E-state index contributed by atoms with van der Waals surface area (Å²) in [7, 11) is 1.50. The number of benzene rings is 2. The normalized spacial score (nSPS) is 11.2. The number of nitrogens with zero attached hydrogens (tertiary/aromatic N) is 1. The van der Waals surface area contributed by atoms with Crippen molar-refractivity contribution in [1.82, 2.24) is 4.98 Å². The van der Waals surface area contributed by atoms with Gasteiger partial charge in [0.25, 0.3) is 0 Å². The number of hydrogen-bond acceptors (Lipinski definition) is 4. The highest BCUT2D eigenvalue weighted by Gasteiger charge is 2.02. The van der Waals surface area contributed by atoms with Crippen molar-refractivity contribution < 1.29 is 9.84 Å². The number of phenols is 1. The fraction of sp³-hybridized carbons (Fsp3) is 0.111. The van der Waals surface area contributed by atoms with Crippen molar-refractivity contribution in [2.75, 3.05) is 7.11 Å². The van der Waals surface area contributed by atoms with Crippen LogP contribution < -0.4 is 10.3 Å². The van der Waals surface area contributed by atoms with E-state index in [0.717, 1.165) is 22.0 Å². The number of phenolic OH excluding ortho intramolecular Hbond substituents is 1. The Hall–Kier alpha value is -3.08. The van der Waals surface area contributed by atoms with Crippen molar-refractivity contribution in [3.63, 3.8) is 0 Å². The van der Waals surface area contributed by atoms with E-state index in [-0.39, 0.29) is 11.3 Å². The first-order valence-electron chi connectivity index (χ1n) is 7.11. The van der Waals surface area contributed by atoms with Gasteiger partial charge in [-0.2, -0.15) is 0 Å². The molecule has 1 aromatic heterocycles. The molecule has 0 saturated heterocycles. The molecule has 0 aliphatic heterocycles. The minimum absolute atomic E-state index is 0.0647. The molecular formula is C18H16N2O3. The van der Waals surface area contributed by atoms with Gasteiger partial charge in [-0.1, -0.05) is 6.07 Å². The number of fused-ring (bicyclic) bond motifs is 1. The molecule has 0 aliphatic carbocycles. The first kappa shape index (κ1) is 14.8. The molecule has 0 radical (unpaired) electrons. The number of aromatic hydroxyl groups is 1. The zero-order valence-electron chi connectivity index (χ0n) is 12.8. The molecule has 0 saturated carbocycles. The van der Waals surface area contributed by atoms with Crippen LogP contribution in [0.25, 0.3) is 10.9 Å². The second kappa shape index (κ2) is 5.96. The second-order valence-electron chi connectivity index (χ2n) is 5.24. The van der Waals surface area contributed by atoms with Gasteiger partial charge in [-0.15, -0.1) is 0 Å². The van der Waals surface area contributed by atoms with E-state index in [4.69, 9.17) is 4.74 Å². The minimum atomic E-state index is -0.129. The van der Waals surface area contributed by atoms with Crippen LogP contribution in [-0.4, -0.2) is 23.4 Å². The summed E-state index contributed by atoms with van der Waals surface area (Å²) in [5.41, 5.74) is 3.02. The van der Waals surface area contributed by atoms with Crippen molar-refractivity contribution in [2.45, 2.75) is 6.92 Å². The molecule has 1 heterocycles. The van der Waals surface area contributed by atoms with Gasteiger partial charge in [0.15, 0.2) is 11.5 Å². The third kappa shape index (κ3) is 3.08. The Morgan fingerprint density at radius 3 is 2.74 bits per heavy atom. The third-order valence-electron chi connectivity index (χ3n) is 3.60. The van der Waals surface area contributed by atoms with Crippen LogP contribution in [0.3, 0.4) is 0 Å². The Morgan fingerprint density at radius 2 is 2.00 bits per heavy atom. The van der Waals surface area contributed by atoms with Gasteiger partial charge in [-0.3, -0.25) is 9.79 Å². The molecule has 0 fully saturated rings. The number of ether oxygens (including phenoxy) is 1. The average Bonchev–Trinajstić information content (AvgIpc) is 2.52. The fourth-order valence-corrected chi connectivity index (χ4v) is 2.44. The molecule has 0 unspecified atom stereocenters. The number of hydrogen-bond donors (Lipinski definition) is 2. The molecule has 3 rings (SSSR count). The predicted molar refractivity (Wildman–Crippen MR) is 91.2 cm³/mol. The lowest BCUT2D eigenvalue weighted by Crippen LogP contribution is -2.04. The summed E-state index contributed by atoms with van der Waals surface area (Å²) in [5.74, 6) is 0.482. The zero-order valence-corrected chi connectivity index (χ0v) is 12.8. The van der Waals surface area contributed by atoms with Gasteiger partial charge in [0.05, 0.1) is 18.3 Å². The van der Waals surface area contributed by atoms with E-state index in [9.17, 15) is 9.90 Å². The summed E-state index contributed by atoms with van der Waals surface area (Å²) in [6.45, 7) is 1.90. The largest absolute Gasteiger partial charge is 0.504 e. The number of pyridine rings is 1. The number of H-pyrrole nitrogens is 1. The minimum Gasteiger partial charge on any atom is -0.504 e. The van der Waals surface area contributed by atoms with Crippen LogP contribution in [0.15, 0.2) is 52.3 Å². The van der Waals surface area contributed by atoms with Crippen LogP contribution in [0, 0.1) is 6.92 Å². The molecule has 5 heteroatoms. The van der Waals surface area contributed by atoms with Crippen molar-refractivity contribution in [3.05, 3.63) is 63.9 Å². The molecule has 0 aliphatic rings. The highest BCUT2D eigenvalue weighted by Crippen LogP contribution is 2.26. The maximum absolute atomic E-state index is 11.6. The lowest BCUT2D eigenvalue weighted by molar-refractivity contribution is 0.373. The maximum Gasteiger partial charge on any atom is 0.248 e. The molecule has 0 bridgehead atoms. The quantitative estimate of drug-likeness (QED) is 0.729. The van der Waals surface area contributed by atoms with Crippen molar-refractivity contribution >= 4 is 22.8 Å². The van der Waals surface area contributed by atoms with Gasteiger partial charge in [0.2, 0.25) is 5.56 Å². The van der Waals surface area contributed by atoms with Gasteiger partial charge >= 0.3 is 0 Å². The number of rotatable bonds is 3. The highest BCUT2D eigenvalue weighted by atomic mass is 16.5. The summed E-state index contributed by atoms with van der Waals surface area (Å²) in [6, 6.07) is 12.3. The maximum atomic E-state index is 11.6. The molecule has 3 aromatic rings. The third-order valence-corrected chi connectivity index (χ3v) is 3.60. The summed E-state index contributed by atoms with van der Waals surface area (Å²) in [6.07, 6.45) is 1.65. The Kier molecular flexibility index (Phi) is 3.85. The Morgan fingerprint density at radius 1 is 1.17 bits per heavy atom. The molecule has 2 aromatic carbocycles. The van der Waals surface area contributed by atoms with Crippen molar-refractivity contribution in [1.29, 1.82) is 0 Å². The lowest BCUT2D eigenvalue weighted by atomic mass is 10.1. The zero-order chi connectivity index (χ0) is 16.4. The van der Waals surface area contributed by atoms with E-state index in [2.05, 4.69) is 9.98 Å². The monoisotopic (exact) mass is 308 g/mol. The summed E-state index contributed by atoms with van der Waals surface area (Å²) in [4.78, 5) is 18.8. The predicted octanol–water partition coefficient (Wildman–Crippen LogP) is 3.30. The molecule has 5 nitrogen and oxygen atoms in total. The van der Waals surface area contributed by atoms with E-state index in [1.807, 2.05) is 25.1 Å². The summed E-state index contributed by atoms with van der Waals surface area (Å²) >= 11 is 0. The van der Waals surface area contributed by atoms with E-state index in [0.29, 0.717) is 11.4 Å². The SMILES string of the molecule is COc1ccc(C=Nc2ccc3c(C)cc(=O)[nH]c3c2)cc1O. The molecule has 0 atom stereocenters. The van der Waals surface area contributed by atoms with Gasteiger partial charge in [-0.05, 0) is 48.4 Å². The highest BCUT2D eigenvalue weighted by molar-refractivity contribution is 5.87. The number of methoxy groups -OCH3 is 1. The van der Waals surface area contributed by atoms with Crippen LogP contribution in [0.4, 0.5) is 5.69 Å². The molecule has 116 valence electrons. The lowest BCUT2D eigenvalue weighted by Gasteiger charge is -2.04. The summed E-state index contributed by atoms with van der Waals surface area (Å²) in [5, 5.41) is 10.8. The van der Waals surface area contributed by atoms with Gasteiger partial charge < -0.3 is 14.8 Å². The number of nitrogens with one attached hydrogen (secondary N) is 1. The topological polar surface area (TPSA) is 74.7 Å². The van der Waals surface area contributed by atoms with E-state index < -0.39 is 0 Å². The summed E-state index contributed by atoms with van der Waals surface area (Å²) < 4.78 is 5.01. The standard InChI is InChI=1S/C18H16N2O3/c1-11-7-18(22)20-15-9-13(4-5-14(11)15)19-10-12-3-6-17(23-2)16(21)8-12/h3-10,21H,1-2H3,(H,20,22). The Balaban J connectivity index is 1.95. The molecule has 23 heavy (non-hydrogen) atoms. The van der Waals surface area contributed by atoms with E-state index in [1.54, 1.807) is 30.5 Å². The van der Waals surface area contributed by atoms with Crippen LogP contribution in [0.5, 0.6) is 11.5 Å². The number of aliphatic imine (C=N–C) groups is 1. The molecular weight excluding hydrogens is 292 g/mol. The number of aromatic nitrogens is 1. The van der Waals surface area contributed by atoms with E-state index in [1.165, 1.54) is 7.11 Å². The van der Waals surface area contributed by atoms with Crippen LogP contribution in [0.2, 0.25) is 0 Å². The first-order chi connectivity index (χ1) is 11.1. The Labute approximate surface area is 132 Å².